The number of nitrogens with zero attached hydrogens (tertiary/aromatic N) is 1. The Morgan fingerprint density at radius 3 is 2.58 bits per heavy atom. The molecule has 1 fully saturated rings. The van der Waals surface area contributed by atoms with Crippen LogP contribution >= 0.6 is 11.6 Å². The summed E-state index contributed by atoms with van der Waals surface area (Å²) in [5.74, 6) is -1.07. The summed E-state index contributed by atoms with van der Waals surface area (Å²) in [7, 11) is 0. The summed E-state index contributed by atoms with van der Waals surface area (Å²) in [6.45, 7) is 0.693. The SMILES string of the molecule is O=C(CN1CCC[C@@H]1C(=O)O)N[C@H](c1ccccc1)c1cccc(Cl)c1. The molecule has 0 aliphatic carbocycles. The van der Waals surface area contributed by atoms with E-state index in [2.05, 4.69) is 5.32 Å². The van der Waals surface area contributed by atoms with Crippen LogP contribution in [0, 0.1) is 0 Å². The Labute approximate surface area is 157 Å². The summed E-state index contributed by atoms with van der Waals surface area (Å²) in [5.41, 5.74) is 1.83. The van der Waals surface area contributed by atoms with Crippen molar-refractivity contribution in [3.63, 3.8) is 0 Å². The Hall–Kier alpha value is -2.37. The first-order chi connectivity index (χ1) is 12.5. The second-order valence-electron chi connectivity index (χ2n) is 6.43. The lowest BCUT2D eigenvalue weighted by Gasteiger charge is -2.24. The number of hydrogen-bond donors (Lipinski definition) is 2. The molecule has 2 aromatic carbocycles. The fraction of sp³-hybridized carbons (Fsp3) is 0.300. The van der Waals surface area contributed by atoms with Gasteiger partial charge >= 0.3 is 5.97 Å². The van der Waals surface area contributed by atoms with Crippen molar-refractivity contribution >= 4 is 23.5 Å². The van der Waals surface area contributed by atoms with Crippen molar-refractivity contribution in [1.29, 1.82) is 0 Å². The topological polar surface area (TPSA) is 69.6 Å². The van der Waals surface area contributed by atoms with Gasteiger partial charge in [-0.25, -0.2) is 0 Å². The summed E-state index contributed by atoms with van der Waals surface area (Å²) in [6, 6.07) is 16.1. The van der Waals surface area contributed by atoms with Crippen LogP contribution in [0.3, 0.4) is 0 Å². The monoisotopic (exact) mass is 372 g/mol. The first-order valence-corrected chi connectivity index (χ1v) is 8.99. The number of carboxylic acids is 1. The maximum atomic E-state index is 12.6. The van der Waals surface area contributed by atoms with E-state index < -0.39 is 12.0 Å². The van der Waals surface area contributed by atoms with Crippen molar-refractivity contribution < 1.29 is 14.7 Å². The molecule has 0 saturated carbocycles. The molecule has 6 heteroatoms. The molecule has 2 aromatic rings. The minimum atomic E-state index is -0.871. The van der Waals surface area contributed by atoms with Crippen LogP contribution in [-0.4, -0.2) is 41.0 Å². The molecule has 0 radical (unpaired) electrons. The van der Waals surface area contributed by atoms with Crippen LogP contribution in [0.25, 0.3) is 0 Å². The maximum Gasteiger partial charge on any atom is 0.320 e. The number of benzene rings is 2. The van der Waals surface area contributed by atoms with Crippen LogP contribution in [0.1, 0.15) is 30.0 Å². The van der Waals surface area contributed by atoms with E-state index in [1.807, 2.05) is 48.5 Å². The van der Waals surface area contributed by atoms with E-state index in [0.717, 1.165) is 17.5 Å². The van der Waals surface area contributed by atoms with Gasteiger partial charge in [0.2, 0.25) is 5.91 Å². The molecule has 0 unspecified atom stereocenters. The van der Waals surface area contributed by atoms with E-state index in [0.29, 0.717) is 18.0 Å². The molecule has 0 aromatic heterocycles. The molecule has 0 spiro atoms. The summed E-state index contributed by atoms with van der Waals surface area (Å²) in [4.78, 5) is 25.7. The Balaban J connectivity index is 1.78. The molecule has 3 rings (SSSR count). The van der Waals surface area contributed by atoms with E-state index in [-0.39, 0.29) is 18.5 Å². The van der Waals surface area contributed by atoms with Gasteiger partial charge in [-0.15, -0.1) is 0 Å². The van der Waals surface area contributed by atoms with E-state index in [1.165, 1.54) is 0 Å². The van der Waals surface area contributed by atoms with Gasteiger partial charge in [-0.05, 0) is 42.6 Å². The quantitative estimate of drug-likeness (QED) is 0.817. The fourth-order valence-corrected chi connectivity index (χ4v) is 3.58. The summed E-state index contributed by atoms with van der Waals surface area (Å²) in [5, 5.41) is 12.9. The van der Waals surface area contributed by atoms with E-state index in [1.54, 1.807) is 11.0 Å². The molecule has 1 aliphatic rings. The first kappa shape index (κ1) is 18.4. The van der Waals surface area contributed by atoms with Gasteiger partial charge < -0.3 is 10.4 Å². The third-order valence-corrected chi connectivity index (χ3v) is 4.85. The molecule has 2 atom stereocenters. The highest BCUT2D eigenvalue weighted by Gasteiger charge is 2.32. The minimum Gasteiger partial charge on any atom is -0.480 e. The highest BCUT2D eigenvalue weighted by molar-refractivity contribution is 6.30. The third kappa shape index (κ3) is 4.42. The average molecular weight is 373 g/mol. The summed E-state index contributed by atoms with van der Waals surface area (Å²) < 4.78 is 0. The molecule has 136 valence electrons. The first-order valence-electron chi connectivity index (χ1n) is 8.61. The molecule has 1 saturated heterocycles. The normalized spacial score (nSPS) is 18.4. The number of aliphatic carboxylic acids is 1. The molecule has 1 heterocycles. The zero-order valence-electron chi connectivity index (χ0n) is 14.3. The third-order valence-electron chi connectivity index (χ3n) is 4.62. The highest BCUT2D eigenvalue weighted by Crippen LogP contribution is 2.25. The number of likely N-dealkylation sites (tertiary alicyclic amines) is 1. The van der Waals surface area contributed by atoms with Crippen LogP contribution in [-0.2, 0) is 9.59 Å². The maximum absolute atomic E-state index is 12.6. The van der Waals surface area contributed by atoms with Crippen LogP contribution in [0.2, 0.25) is 5.02 Å². The lowest BCUT2D eigenvalue weighted by Crippen LogP contribution is -2.43. The molecular formula is C20H21ClN2O3. The van der Waals surface area contributed by atoms with Gasteiger partial charge in [0.05, 0.1) is 12.6 Å². The van der Waals surface area contributed by atoms with Gasteiger partial charge in [-0.3, -0.25) is 14.5 Å². The smallest absolute Gasteiger partial charge is 0.320 e. The zero-order chi connectivity index (χ0) is 18.5. The lowest BCUT2D eigenvalue weighted by molar-refractivity contribution is -0.142. The van der Waals surface area contributed by atoms with Crippen molar-refractivity contribution in [2.45, 2.75) is 24.9 Å². The average Bonchev–Trinajstić information content (AvgIpc) is 3.09. The Morgan fingerprint density at radius 2 is 1.88 bits per heavy atom. The number of halogens is 1. The van der Waals surface area contributed by atoms with Crippen LogP contribution in [0.15, 0.2) is 54.6 Å². The van der Waals surface area contributed by atoms with Gasteiger partial charge in [0.1, 0.15) is 6.04 Å². The van der Waals surface area contributed by atoms with Crippen LogP contribution in [0.5, 0.6) is 0 Å². The van der Waals surface area contributed by atoms with Gasteiger partial charge in [-0.2, -0.15) is 0 Å². The molecule has 1 aliphatic heterocycles. The number of nitrogens with one attached hydrogen (secondary N) is 1. The number of hydrogen-bond acceptors (Lipinski definition) is 3. The highest BCUT2D eigenvalue weighted by atomic mass is 35.5. The van der Waals surface area contributed by atoms with Gasteiger partial charge in [-0.1, -0.05) is 54.1 Å². The summed E-state index contributed by atoms with van der Waals surface area (Å²) >= 11 is 6.12. The van der Waals surface area contributed by atoms with Crippen LogP contribution in [0.4, 0.5) is 0 Å². The fourth-order valence-electron chi connectivity index (χ4n) is 3.38. The van der Waals surface area contributed by atoms with Crippen LogP contribution < -0.4 is 5.32 Å². The van der Waals surface area contributed by atoms with Crippen molar-refractivity contribution in [1.82, 2.24) is 10.2 Å². The molecular weight excluding hydrogens is 352 g/mol. The van der Waals surface area contributed by atoms with Crippen molar-refractivity contribution in [3.05, 3.63) is 70.7 Å². The molecule has 5 nitrogen and oxygen atoms in total. The van der Waals surface area contributed by atoms with E-state index in [4.69, 9.17) is 11.6 Å². The summed E-state index contributed by atoms with van der Waals surface area (Å²) in [6.07, 6.45) is 1.37. The van der Waals surface area contributed by atoms with Crippen molar-refractivity contribution in [3.8, 4) is 0 Å². The van der Waals surface area contributed by atoms with E-state index >= 15 is 0 Å². The van der Waals surface area contributed by atoms with Gasteiger partial charge in [0, 0.05) is 5.02 Å². The Bertz CT molecular complexity index is 782. The lowest BCUT2D eigenvalue weighted by atomic mass is 9.98. The zero-order valence-corrected chi connectivity index (χ0v) is 15.0. The van der Waals surface area contributed by atoms with Crippen molar-refractivity contribution in [2.24, 2.45) is 0 Å². The number of carboxylic acid groups (broad SMARTS) is 1. The number of rotatable bonds is 6. The standard InChI is InChI=1S/C20H21ClN2O3/c21-16-9-4-8-15(12-16)19(14-6-2-1-3-7-14)22-18(24)13-23-11-5-10-17(23)20(25)26/h1-4,6-9,12,17,19H,5,10-11,13H2,(H,22,24)(H,25,26)/t17-,19-/m1/s1. The second-order valence-corrected chi connectivity index (χ2v) is 6.87. The Kier molecular flexibility index (Phi) is 5.91. The van der Waals surface area contributed by atoms with Gasteiger partial charge in [0.15, 0.2) is 0 Å². The van der Waals surface area contributed by atoms with E-state index in [9.17, 15) is 14.7 Å². The van der Waals surface area contributed by atoms with Gasteiger partial charge in [0.25, 0.3) is 0 Å². The predicted molar refractivity (Wildman–Crippen MR) is 100 cm³/mol. The number of carbonyl (C=O) groups is 2. The molecule has 2 N–H and O–H groups in total. The minimum absolute atomic E-state index is 0.0703. The van der Waals surface area contributed by atoms with Crippen molar-refractivity contribution in [2.75, 3.05) is 13.1 Å². The molecule has 1 amide bonds. The molecule has 0 bridgehead atoms. The Morgan fingerprint density at radius 1 is 1.15 bits per heavy atom. The number of carbonyl (C=O) groups excluding carboxylic acids is 1. The number of amides is 1. The molecule has 26 heavy (non-hydrogen) atoms. The second kappa shape index (κ2) is 8.34. The largest absolute Gasteiger partial charge is 0.480 e. The predicted octanol–water partition coefficient (Wildman–Crippen LogP) is 3.09.